The van der Waals surface area contributed by atoms with Gasteiger partial charge in [-0.15, -0.1) is 11.6 Å². The Balaban J connectivity index is 2.63. The summed E-state index contributed by atoms with van der Waals surface area (Å²) < 4.78 is 10.4. The van der Waals surface area contributed by atoms with Crippen molar-refractivity contribution in [2.24, 2.45) is 0 Å². The molecule has 16 heavy (non-hydrogen) atoms. The van der Waals surface area contributed by atoms with Gasteiger partial charge in [-0.25, -0.2) is 9.97 Å². The lowest BCUT2D eigenvalue weighted by Gasteiger charge is -2.08. The second-order valence-electron chi connectivity index (χ2n) is 3.19. The maximum absolute atomic E-state index is 5.68. The van der Waals surface area contributed by atoms with E-state index < -0.39 is 0 Å². The van der Waals surface area contributed by atoms with Crippen LogP contribution >= 0.6 is 11.6 Å². The van der Waals surface area contributed by atoms with E-state index in [4.69, 9.17) is 21.1 Å². The molecule has 0 unspecified atom stereocenters. The van der Waals surface area contributed by atoms with Crippen LogP contribution in [0, 0.1) is 0 Å². The predicted molar refractivity (Wildman–Crippen MR) is 62.2 cm³/mol. The molecule has 0 amide bonds. The monoisotopic (exact) mass is 238 g/mol. The van der Waals surface area contributed by atoms with Gasteiger partial charge in [0.2, 0.25) is 0 Å². The first-order valence-electron chi connectivity index (χ1n) is 4.72. The molecule has 0 fully saturated rings. The topological polar surface area (TPSA) is 44.2 Å². The van der Waals surface area contributed by atoms with Crippen LogP contribution in [-0.4, -0.2) is 24.2 Å². The average Bonchev–Trinajstić information content (AvgIpc) is 2.36. The lowest BCUT2D eigenvalue weighted by Crippen LogP contribution is -1.94. The number of rotatable bonds is 3. The Morgan fingerprint density at radius 1 is 1.19 bits per heavy atom. The second-order valence-corrected chi connectivity index (χ2v) is 3.45. The fourth-order valence-electron chi connectivity index (χ4n) is 1.46. The summed E-state index contributed by atoms with van der Waals surface area (Å²) in [6.07, 6.45) is 1.72. The van der Waals surface area contributed by atoms with Crippen molar-refractivity contribution < 1.29 is 9.47 Å². The van der Waals surface area contributed by atoms with Crippen molar-refractivity contribution in [3.63, 3.8) is 0 Å². The van der Waals surface area contributed by atoms with Crippen LogP contribution in [0.5, 0.6) is 11.5 Å². The van der Waals surface area contributed by atoms with Gasteiger partial charge >= 0.3 is 0 Å². The highest BCUT2D eigenvalue weighted by molar-refractivity contribution is 6.16. The first-order valence-corrected chi connectivity index (χ1v) is 5.25. The highest BCUT2D eigenvalue weighted by Crippen LogP contribution is 2.30. The summed E-state index contributed by atoms with van der Waals surface area (Å²) in [5.41, 5.74) is 0.795. The van der Waals surface area contributed by atoms with Crippen molar-refractivity contribution in [2.75, 3.05) is 14.2 Å². The van der Waals surface area contributed by atoms with Gasteiger partial charge in [0.15, 0.2) is 11.5 Å². The molecule has 0 aliphatic rings. The third-order valence-electron chi connectivity index (χ3n) is 2.25. The zero-order chi connectivity index (χ0) is 11.5. The Morgan fingerprint density at radius 2 is 1.88 bits per heavy atom. The molecule has 0 radical (unpaired) electrons. The van der Waals surface area contributed by atoms with Gasteiger partial charge in [-0.05, 0) is 6.07 Å². The molecule has 1 aromatic heterocycles. The zero-order valence-corrected chi connectivity index (χ0v) is 9.78. The van der Waals surface area contributed by atoms with E-state index in [2.05, 4.69) is 9.97 Å². The molecule has 0 saturated carbocycles. The number of alkyl halides is 1. The standard InChI is InChI=1S/C11H11ClN2O2/c1-15-9-3-7-6-13-11(5-12)14-8(7)4-10(9)16-2/h3-4,6H,5H2,1-2H3. The van der Waals surface area contributed by atoms with Crippen LogP contribution < -0.4 is 9.47 Å². The van der Waals surface area contributed by atoms with Crippen LogP contribution in [0.2, 0.25) is 0 Å². The molecule has 0 spiro atoms. The number of nitrogens with zero attached hydrogens (tertiary/aromatic N) is 2. The van der Waals surface area contributed by atoms with Crippen molar-refractivity contribution in [3.8, 4) is 11.5 Å². The van der Waals surface area contributed by atoms with Crippen molar-refractivity contribution >= 4 is 22.5 Å². The summed E-state index contributed by atoms with van der Waals surface area (Å²) in [6.45, 7) is 0. The summed E-state index contributed by atoms with van der Waals surface area (Å²) in [6, 6.07) is 3.65. The smallest absolute Gasteiger partial charge is 0.162 e. The summed E-state index contributed by atoms with van der Waals surface area (Å²) in [5, 5.41) is 0.895. The van der Waals surface area contributed by atoms with Crippen molar-refractivity contribution in [2.45, 2.75) is 5.88 Å². The first kappa shape index (κ1) is 11.0. The SMILES string of the molecule is COc1cc2cnc(CCl)nc2cc1OC. The molecule has 84 valence electrons. The number of methoxy groups -OCH3 is 2. The van der Waals surface area contributed by atoms with Gasteiger partial charge < -0.3 is 9.47 Å². The van der Waals surface area contributed by atoms with Gasteiger partial charge in [0, 0.05) is 17.6 Å². The minimum Gasteiger partial charge on any atom is -0.493 e. The molecule has 5 heteroatoms. The van der Waals surface area contributed by atoms with Gasteiger partial charge in [0.05, 0.1) is 25.6 Å². The molecule has 0 N–H and O–H groups in total. The van der Waals surface area contributed by atoms with E-state index >= 15 is 0 Å². The van der Waals surface area contributed by atoms with E-state index in [1.54, 1.807) is 20.4 Å². The normalized spacial score (nSPS) is 10.4. The van der Waals surface area contributed by atoms with E-state index in [0.717, 1.165) is 10.9 Å². The largest absolute Gasteiger partial charge is 0.493 e. The lowest BCUT2D eigenvalue weighted by molar-refractivity contribution is 0.355. The minimum atomic E-state index is 0.296. The third-order valence-corrected chi connectivity index (χ3v) is 2.49. The van der Waals surface area contributed by atoms with E-state index in [-0.39, 0.29) is 0 Å². The number of aromatic nitrogens is 2. The van der Waals surface area contributed by atoms with Gasteiger partial charge in [0.1, 0.15) is 5.82 Å². The first-order chi connectivity index (χ1) is 7.78. The Kier molecular flexibility index (Phi) is 3.10. The minimum absolute atomic E-state index is 0.296. The molecular formula is C11H11ClN2O2. The quantitative estimate of drug-likeness (QED) is 0.771. The summed E-state index contributed by atoms with van der Waals surface area (Å²) in [5.74, 6) is 2.21. The predicted octanol–water partition coefficient (Wildman–Crippen LogP) is 2.39. The molecule has 2 aromatic rings. The summed E-state index contributed by atoms with van der Waals surface area (Å²) in [7, 11) is 3.19. The number of hydrogen-bond acceptors (Lipinski definition) is 4. The van der Waals surface area contributed by atoms with E-state index in [0.29, 0.717) is 23.2 Å². The molecule has 2 rings (SSSR count). The Hall–Kier alpha value is -1.55. The van der Waals surface area contributed by atoms with Crippen LogP contribution in [0.4, 0.5) is 0 Å². The molecule has 0 bridgehead atoms. The number of ether oxygens (including phenoxy) is 2. The zero-order valence-electron chi connectivity index (χ0n) is 9.03. The maximum Gasteiger partial charge on any atom is 0.162 e. The molecule has 0 atom stereocenters. The Labute approximate surface area is 98.2 Å². The fourth-order valence-corrected chi connectivity index (χ4v) is 1.59. The number of benzene rings is 1. The fraction of sp³-hybridized carbons (Fsp3) is 0.273. The van der Waals surface area contributed by atoms with Crippen molar-refractivity contribution in [1.82, 2.24) is 9.97 Å². The highest BCUT2D eigenvalue weighted by atomic mass is 35.5. The Morgan fingerprint density at radius 3 is 2.50 bits per heavy atom. The van der Waals surface area contributed by atoms with Gasteiger partial charge in [-0.3, -0.25) is 0 Å². The molecule has 0 aliphatic carbocycles. The average molecular weight is 239 g/mol. The van der Waals surface area contributed by atoms with Crippen molar-refractivity contribution in [3.05, 3.63) is 24.2 Å². The van der Waals surface area contributed by atoms with Gasteiger partial charge in [0.25, 0.3) is 0 Å². The molecular weight excluding hydrogens is 228 g/mol. The summed E-state index contributed by atoms with van der Waals surface area (Å²) in [4.78, 5) is 8.42. The molecule has 0 aliphatic heterocycles. The van der Waals surface area contributed by atoms with Gasteiger partial charge in [-0.2, -0.15) is 0 Å². The van der Waals surface area contributed by atoms with E-state index in [1.807, 2.05) is 12.1 Å². The van der Waals surface area contributed by atoms with Crippen LogP contribution in [0.25, 0.3) is 10.9 Å². The van der Waals surface area contributed by atoms with Crippen molar-refractivity contribution in [1.29, 1.82) is 0 Å². The molecule has 1 heterocycles. The van der Waals surface area contributed by atoms with Crippen LogP contribution in [-0.2, 0) is 5.88 Å². The highest BCUT2D eigenvalue weighted by Gasteiger charge is 2.07. The summed E-state index contributed by atoms with van der Waals surface area (Å²) >= 11 is 5.68. The molecule has 0 saturated heterocycles. The third kappa shape index (κ3) is 1.88. The second kappa shape index (κ2) is 4.53. The van der Waals surface area contributed by atoms with E-state index in [1.165, 1.54) is 0 Å². The van der Waals surface area contributed by atoms with E-state index in [9.17, 15) is 0 Å². The van der Waals surface area contributed by atoms with Crippen LogP contribution in [0.15, 0.2) is 18.3 Å². The maximum atomic E-state index is 5.68. The van der Waals surface area contributed by atoms with Crippen LogP contribution in [0.3, 0.4) is 0 Å². The number of fused-ring (bicyclic) bond motifs is 1. The molecule has 1 aromatic carbocycles. The molecule has 4 nitrogen and oxygen atoms in total. The number of hydrogen-bond donors (Lipinski definition) is 0. The lowest BCUT2D eigenvalue weighted by atomic mass is 10.2. The Bertz CT molecular complexity index is 517. The van der Waals surface area contributed by atoms with Crippen LogP contribution in [0.1, 0.15) is 5.82 Å². The number of halogens is 1. The van der Waals surface area contributed by atoms with Gasteiger partial charge in [-0.1, -0.05) is 0 Å².